The molecular formula is C12H22N4S. The van der Waals surface area contributed by atoms with Gasteiger partial charge in [-0.15, -0.1) is 11.3 Å². The van der Waals surface area contributed by atoms with E-state index in [2.05, 4.69) is 35.8 Å². The molecule has 5 heteroatoms. The summed E-state index contributed by atoms with van der Waals surface area (Å²) in [5, 5.41) is 1.14. The van der Waals surface area contributed by atoms with Gasteiger partial charge >= 0.3 is 0 Å². The van der Waals surface area contributed by atoms with E-state index in [-0.39, 0.29) is 0 Å². The van der Waals surface area contributed by atoms with Crippen LogP contribution in [0.3, 0.4) is 0 Å². The van der Waals surface area contributed by atoms with Crippen LogP contribution in [0.15, 0.2) is 0 Å². The van der Waals surface area contributed by atoms with E-state index in [9.17, 15) is 0 Å². The zero-order valence-corrected chi connectivity index (χ0v) is 11.9. The zero-order valence-electron chi connectivity index (χ0n) is 11.1. The third-order valence-corrected chi connectivity index (χ3v) is 4.81. The van der Waals surface area contributed by atoms with Gasteiger partial charge in [0.15, 0.2) is 5.13 Å². The lowest BCUT2D eigenvalue weighted by Crippen LogP contribution is -2.34. The first-order chi connectivity index (χ1) is 8.02. The van der Waals surface area contributed by atoms with Crippen molar-refractivity contribution in [3.63, 3.8) is 0 Å². The van der Waals surface area contributed by atoms with E-state index < -0.39 is 0 Å². The van der Waals surface area contributed by atoms with Crippen molar-refractivity contribution in [2.75, 3.05) is 32.1 Å². The fourth-order valence-electron chi connectivity index (χ4n) is 2.52. The third kappa shape index (κ3) is 2.46. The van der Waals surface area contributed by atoms with Crippen molar-refractivity contribution in [1.29, 1.82) is 0 Å². The molecule has 1 fully saturated rings. The highest BCUT2D eigenvalue weighted by Gasteiger charge is 2.32. The Morgan fingerprint density at radius 2 is 2.18 bits per heavy atom. The Labute approximate surface area is 107 Å². The summed E-state index contributed by atoms with van der Waals surface area (Å²) >= 11 is 1.74. The SMILES string of the molecule is Cc1nc(N2CC(C)C(N(C)C)C2)sc1CN. The Kier molecular flexibility index (Phi) is 3.70. The van der Waals surface area contributed by atoms with Crippen molar-refractivity contribution in [2.45, 2.75) is 26.4 Å². The van der Waals surface area contributed by atoms with Gasteiger partial charge in [-0.1, -0.05) is 6.92 Å². The monoisotopic (exact) mass is 254 g/mol. The van der Waals surface area contributed by atoms with Crippen molar-refractivity contribution in [1.82, 2.24) is 9.88 Å². The molecule has 1 saturated heterocycles. The van der Waals surface area contributed by atoms with Gasteiger partial charge in [-0.3, -0.25) is 0 Å². The van der Waals surface area contributed by atoms with Crippen LogP contribution < -0.4 is 10.6 Å². The van der Waals surface area contributed by atoms with Gasteiger partial charge in [0.1, 0.15) is 0 Å². The molecule has 1 aliphatic rings. The molecule has 96 valence electrons. The largest absolute Gasteiger partial charge is 0.346 e. The minimum absolute atomic E-state index is 0.601. The predicted molar refractivity (Wildman–Crippen MR) is 73.6 cm³/mol. The molecule has 0 saturated carbocycles. The van der Waals surface area contributed by atoms with E-state index in [1.54, 1.807) is 11.3 Å². The van der Waals surface area contributed by atoms with E-state index in [1.165, 1.54) is 4.88 Å². The highest BCUT2D eigenvalue weighted by molar-refractivity contribution is 7.15. The van der Waals surface area contributed by atoms with E-state index in [1.807, 2.05) is 6.92 Å². The molecule has 0 radical (unpaired) electrons. The number of aromatic nitrogens is 1. The summed E-state index contributed by atoms with van der Waals surface area (Å²) in [6.45, 7) is 7.13. The number of rotatable bonds is 3. The van der Waals surface area contributed by atoms with Crippen molar-refractivity contribution in [3.8, 4) is 0 Å². The van der Waals surface area contributed by atoms with Crippen LogP contribution in [-0.4, -0.2) is 43.1 Å². The molecule has 2 N–H and O–H groups in total. The third-order valence-electron chi connectivity index (χ3n) is 3.57. The van der Waals surface area contributed by atoms with Gasteiger partial charge in [-0.2, -0.15) is 0 Å². The number of anilines is 1. The van der Waals surface area contributed by atoms with Crippen LogP contribution >= 0.6 is 11.3 Å². The van der Waals surface area contributed by atoms with Gasteiger partial charge in [0.2, 0.25) is 0 Å². The number of nitrogens with zero attached hydrogens (tertiary/aromatic N) is 3. The number of thiazole rings is 1. The van der Waals surface area contributed by atoms with Crippen molar-refractivity contribution in [2.24, 2.45) is 11.7 Å². The average Bonchev–Trinajstić information content (AvgIpc) is 2.81. The number of likely N-dealkylation sites (N-methyl/N-ethyl adjacent to an activating group) is 1. The molecule has 0 aliphatic carbocycles. The van der Waals surface area contributed by atoms with Gasteiger partial charge in [0.05, 0.1) is 5.69 Å². The lowest BCUT2D eigenvalue weighted by atomic mass is 10.1. The first kappa shape index (κ1) is 12.8. The van der Waals surface area contributed by atoms with Gasteiger partial charge in [-0.25, -0.2) is 4.98 Å². The molecule has 1 aromatic heterocycles. The maximum atomic E-state index is 5.71. The van der Waals surface area contributed by atoms with Crippen LogP contribution in [-0.2, 0) is 6.54 Å². The summed E-state index contributed by atoms with van der Waals surface area (Å²) in [5.74, 6) is 0.690. The predicted octanol–water partition coefficient (Wildman–Crippen LogP) is 1.30. The summed E-state index contributed by atoms with van der Waals surface area (Å²) in [6.07, 6.45) is 0. The lowest BCUT2D eigenvalue weighted by Gasteiger charge is -2.22. The second-order valence-electron chi connectivity index (χ2n) is 5.12. The van der Waals surface area contributed by atoms with E-state index >= 15 is 0 Å². The van der Waals surface area contributed by atoms with E-state index in [4.69, 9.17) is 5.73 Å². The van der Waals surface area contributed by atoms with Gasteiger partial charge in [-0.05, 0) is 26.9 Å². The molecule has 2 rings (SSSR count). The van der Waals surface area contributed by atoms with Crippen LogP contribution in [0.4, 0.5) is 5.13 Å². The molecule has 1 aromatic rings. The standard InChI is InChI=1S/C12H22N4S/c1-8-6-16(7-10(8)15(3)4)12-14-9(2)11(5-13)17-12/h8,10H,5-7,13H2,1-4H3. The fourth-order valence-corrected chi connectivity index (χ4v) is 3.47. The van der Waals surface area contributed by atoms with E-state index in [0.717, 1.165) is 23.9 Å². The number of aryl methyl sites for hydroxylation is 1. The molecule has 1 aliphatic heterocycles. The smallest absolute Gasteiger partial charge is 0.185 e. The Bertz CT molecular complexity index is 388. The maximum Gasteiger partial charge on any atom is 0.185 e. The minimum Gasteiger partial charge on any atom is -0.346 e. The zero-order chi connectivity index (χ0) is 12.6. The molecule has 2 atom stereocenters. The molecule has 0 spiro atoms. The minimum atomic E-state index is 0.601. The van der Waals surface area contributed by atoms with Gasteiger partial charge < -0.3 is 15.5 Å². The molecule has 4 nitrogen and oxygen atoms in total. The lowest BCUT2D eigenvalue weighted by molar-refractivity contribution is 0.266. The Morgan fingerprint density at radius 1 is 1.47 bits per heavy atom. The summed E-state index contributed by atoms with van der Waals surface area (Å²) in [4.78, 5) is 10.6. The first-order valence-electron chi connectivity index (χ1n) is 6.10. The molecule has 0 bridgehead atoms. The van der Waals surface area contributed by atoms with Gasteiger partial charge in [0, 0.05) is 30.6 Å². The molecule has 0 amide bonds. The van der Waals surface area contributed by atoms with Crippen LogP contribution in [0.1, 0.15) is 17.5 Å². The summed E-state index contributed by atoms with van der Waals surface area (Å²) < 4.78 is 0. The molecular weight excluding hydrogens is 232 g/mol. The van der Waals surface area contributed by atoms with Crippen molar-refractivity contribution < 1.29 is 0 Å². The van der Waals surface area contributed by atoms with Crippen LogP contribution in [0.5, 0.6) is 0 Å². The quantitative estimate of drug-likeness (QED) is 0.883. The number of hydrogen-bond acceptors (Lipinski definition) is 5. The van der Waals surface area contributed by atoms with Crippen molar-refractivity contribution in [3.05, 3.63) is 10.6 Å². The van der Waals surface area contributed by atoms with Crippen LogP contribution in [0, 0.1) is 12.8 Å². The highest BCUT2D eigenvalue weighted by atomic mass is 32.1. The summed E-state index contributed by atoms with van der Waals surface area (Å²) in [6, 6.07) is 0.625. The molecule has 17 heavy (non-hydrogen) atoms. The highest BCUT2D eigenvalue weighted by Crippen LogP contribution is 2.31. The first-order valence-corrected chi connectivity index (χ1v) is 6.92. The second-order valence-corrected chi connectivity index (χ2v) is 6.18. The van der Waals surface area contributed by atoms with Crippen molar-refractivity contribution >= 4 is 16.5 Å². The van der Waals surface area contributed by atoms with Gasteiger partial charge in [0.25, 0.3) is 0 Å². The Balaban J connectivity index is 2.14. The number of nitrogens with two attached hydrogens (primary N) is 1. The molecule has 2 unspecified atom stereocenters. The topological polar surface area (TPSA) is 45.4 Å². The molecule has 0 aromatic carbocycles. The average molecular weight is 254 g/mol. The summed E-state index contributed by atoms with van der Waals surface area (Å²) in [5.41, 5.74) is 6.80. The fraction of sp³-hybridized carbons (Fsp3) is 0.750. The Morgan fingerprint density at radius 3 is 2.65 bits per heavy atom. The van der Waals surface area contributed by atoms with Crippen LogP contribution in [0.25, 0.3) is 0 Å². The number of hydrogen-bond donors (Lipinski definition) is 1. The summed E-state index contributed by atoms with van der Waals surface area (Å²) in [7, 11) is 4.31. The van der Waals surface area contributed by atoms with E-state index in [0.29, 0.717) is 18.5 Å². The second kappa shape index (κ2) is 4.92. The maximum absolute atomic E-state index is 5.71. The Hall–Kier alpha value is -0.650. The van der Waals surface area contributed by atoms with Crippen LogP contribution in [0.2, 0.25) is 0 Å². The normalized spacial score (nSPS) is 24.9. The molecule has 2 heterocycles.